The number of carboxylic acid groups (broad SMARTS) is 1. The first-order valence-electron chi connectivity index (χ1n) is 6.71. The zero-order valence-electron chi connectivity index (χ0n) is 11.8. The highest BCUT2D eigenvalue weighted by Crippen LogP contribution is 2.38. The summed E-state index contributed by atoms with van der Waals surface area (Å²) < 4.78 is 19.1. The highest BCUT2D eigenvalue weighted by atomic mass is 19.1. The van der Waals surface area contributed by atoms with E-state index in [9.17, 15) is 14.3 Å². The maximum Gasteiger partial charge on any atom is 0.336 e. The van der Waals surface area contributed by atoms with Crippen molar-refractivity contribution < 1.29 is 19.0 Å². The number of rotatable bonds is 2. The molecule has 0 saturated carbocycles. The van der Waals surface area contributed by atoms with Crippen LogP contribution < -0.4 is 4.74 Å². The Hall–Kier alpha value is -2.36. The van der Waals surface area contributed by atoms with E-state index in [1.165, 1.54) is 12.1 Å². The van der Waals surface area contributed by atoms with Crippen LogP contribution in [0.1, 0.15) is 29.8 Å². The average molecular weight is 286 g/mol. The molecular weight excluding hydrogens is 271 g/mol. The van der Waals surface area contributed by atoms with E-state index in [0.717, 1.165) is 29.4 Å². The molecule has 0 spiro atoms. The minimum Gasteiger partial charge on any atom is -0.487 e. The van der Waals surface area contributed by atoms with E-state index < -0.39 is 11.8 Å². The van der Waals surface area contributed by atoms with E-state index in [-0.39, 0.29) is 11.2 Å². The molecule has 1 N–H and O–H groups in total. The lowest BCUT2D eigenvalue weighted by atomic mass is 9.95. The van der Waals surface area contributed by atoms with Crippen molar-refractivity contribution in [1.29, 1.82) is 0 Å². The van der Waals surface area contributed by atoms with Gasteiger partial charge in [-0.1, -0.05) is 12.1 Å². The summed E-state index contributed by atoms with van der Waals surface area (Å²) in [5.74, 6) is -0.869. The predicted molar refractivity (Wildman–Crippen MR) is 77.2 cm³/mol. The molecule has 21 heavy (non-hydrogen) atoms. The lowest BCUT2D eigenvalue weighted by Crippen LogP contribution is -2.24. The van der Waals surface area contributed by atoms with Crippen LogP contribution in [0.5, 0.6) is 5.75 Å². The molecule has 2 aromatic carbocycles. The van der Waals surface area contributed by atoms with Crippen molar-refractivity contribution in [1.82, 2.24) is 0 Å². The Morgan fingerprint density at radius 3 is 2.71 bits per heavy atom. The quantitative estimate of drug-likeness (QED) is 0.910. The number of fused-ring (bicyclic) bond motifs is 1. The van der Waals surface area contributed by atoms with Gasteiger partial charge < -0.3 is 9.84 Å². The van der Waals surface area contributed by atoms with Crippen LogP contribution in [0.25, 0.3) is 11.1 Å². The molecule has 2 aromatic rings. The number of ether oxygens (including phenoxy) is 1. The zero-order chi connectivity index (χ0) is 15.2. The molecule has 0 unspecified atom stereocenters. The van der Waals surface area contributed by atoms with Crippen LogP contribution in [-0.2, 0) is 6.42 Å². The molecule has 3 rings (SSSR count). The topological polar surface area (TPSA) is 46.5 Å². The van der Waals surface area contributed by atoms with Gasteiger partial charge in [0.25, 0.3) is 0 Å². The molecule has 4 heteroatoms. The molecular formula is C17H15FO3. The van der Waals surface area contributed by atoms with E-state index in [0.29, 0.717) is 5.56 Å². The summed E-state index contributed by atoms with van der Waals surface area (Å²) in [5, 5.41) is 9.24. The van der Waals surface area contributed by atoms with Crippen LogP contribution in [0.15, 0.2) is 36.4 Å². The fraction of sp³-hybridized carbons (Fsp3) is 0.235. The number of benzene rings is 2. The van der Waals surface area contributed by atoms with Gasteiger partial charge in [0.15, 0.2) is 0 Å². The summed E-state index contributed by atoms with van der Waals surface area (Å²) in [4.78, 5) is 11.3. The van der Waals surface area contributed by atoms with E-state index in [4.69, 9.17) is 4.74 Å². The first-order chi connectivity index (χ1) is 9.85. The highest BCUT2D eigenvalue weighted by molar-refractivity contribution is 5.96. The summed E-state index contributed by atoms with van der Waals surface area (Å²) in [6.45, 7) is 4.01. The van der Waals surface area contributed by atoms with Crippen molar-refractivity contribution in [2.75, 3.05) is 0 Å². The van der Waals surface area contributed by atoms with Gasteiger partial charge in [-0.3, -0.25) is 0 Å². The number of carboxylic acids is 1. The predicted octanol–water partition coefficient (Wildman–Crippen LogP) is 3.90. The van der Waals surface area contributed by atoms with Gasteiger partial charge in [0.2, 0.25) is 0 Å². The molecule has 0 atom stereocenters. The third kappa shape index (κ3) is 2.49. The standard InChI is InChI=1S/C17H15FO3/c1-17(2)9-11-7-10(3-6-15(11)21-17)13-5-4-12(18)8-14(13)16(19)20/h3-8H,9H2,1-2H3,(H,19,20). The van der Waals surface area contributed by atoms with Gasteiger partial charge in [-0.25, -0.2) is 9.18 Å². The summed E-state index contributed by atoms with van der Waals surface area (Å²) >= 11 is 0. The van der Waals surface area contributed by atoms with Crippen molar-refractivity contribution in [2.45, 2.75) is 25.9 Å². The Morgan fingerprint density at radius 2 is 2.00 bits per heavy atom. The number of halogens is 1. The van der Waals surface area contributed by atoms with E-state index in [1.807, 2.05) is 26.0 Å². The normalized spacial score (nSPS) is 15.4. The second-order valence-corrected chi connectivity index (χ2v) is 5.86. The van der Waals surface area contributed by atoms with Crippen molar-refractivity contribution >= 4 is 5.97 Å². The summed E-state index contributed by atoms with van der Waals surface area (Å²) in [6, 6.07) is 9.39. The largest absolute Gasteiger partial charge is 0.487 e. The smallest absolute Gasteiger partial charge is 0.336 e. The van der Waals surface area contributed by atoms with Crippen LogP contribution >= 0.6 is 0 Å². The Balaban J connectivity index is 2.09. The third-order valence-electron chi connectivity index (χ3n) is 3.59. The molecule has 0 radical (unpaired) electrons. The molecule has 1 aliphatic heterocycles. The number of carbonyl (C=O) groups is 1. The van der Waals surface area contributed by atoms with Gasteiger partial charge in [-0.2, -0.15) is 0 Å². The Kier molecular flexibility index (Phi) is 2.97. The number of hydrogen-bond acceptors (Lipinski definition) is 2. The lowest BCUT2D eigenvalue weighted by Gasteiger charge is -2.16. The first-order valence-corrected chi connectivity index (χ1v) is 6.71. The fourth-order valence-electron chi connectivity index (χ4n) is 2.72. The van der Waals surface area contributed by atoms with Crippen molar-refractivity contribution in [3.05, 3.63) is 53.3 Å². The van der Waals surface area contributed by atoms with Crippen LogP contribution in [-0.4, -0.2) is 16.7 Å². The summed E-state index contributed by atoms with van der Waals surface area (Å²) in [7, 11) is 0. The van der Waals surface area contributed by atoms with Crippen molar-refractivity contribution in [2.24, 2.45) is 0 Å². The van der Waals surface area contributed by atoms with Crippen molar-refractivity contribution in [3.63, 3.8) is 0 Å². The van der Waals surface area contributed by atoms with Crippen LogP contribution in [0, 0.1) is 5.82 Å². The van der Waals surface area contributed by atoms with Gasteiger partial charge in [0.1, 0.15) is 17.2 Å². The SMILES string of the molecule is CC1(C)Cc2cc(-c3ccc(F)cc3C(=O)O)ccc2O1. The summed E-state index contributed by atoms with van der Waals surface area (Å²) in [6.07, 6.45) is 0.764. The number of hydrogen-bond donors (Lipinski definition) is 1. The van der Waals surface area contributed by atoms with Crippen LogP contribution in [0.2, 0.25) is 0 Å². The van der Waals surface area contributed by atoms with E-state index in [1.54, 1.807) is 6.07 Å². The van der Waals surface area contributed by atoms with Crippen LogP contribution in [0.3, 0.4) is 0 Å². The van der Waals surface area contributed by atoms with Gasteiger partial charge in [-0.05, 0) is 54.8 Å². The first kappa shape index (κ1) is 13.6. The molecule has 0 fully saturated rings. The lowest BCUT2D eigenvalue weighted by molar-refractivity contribution is 0.0697. The molecule has 0 bridgehead atoms. The van der Waals surface area contributed by atoms with Gasteiger partial charge >= 0.3 is 5.97 Å². The maximum atomic E-state index is 13.3. The van der Waals surface area contributed by atoms with Gasteiger partial charge in [-0.15, -0.1) is 0 Å². The monoisotopic (exact) mass is 286 g/mol. The maximum absolute atomic E-state index is 13.3. The molecule has 1 aliphatic rings. The molecule has 3 nitrogen and oxygen atoms in total. The molecule has 0 aromatic heterocycles. The molecule has 0 amide bonds. The summed E-state index contributed by atoms with van der Waals surface area (Å²) in [5.41, 5.74) is 2.02. The fourth-order valence-corrected chi connectivity index (χ4v) is 2.72. The average Bonchev–Trinajstić information content (AvgIpc) is 2.71. The molecule has 108 valence electrons. The second kappa shape index (κ2) is 4.58. The van der Waals surface area contributed by atoms with Crippen molar-refractivity contribution in [3.8, 4) is 16.9 Å². The third-order valence-corrected chi connectivity index (χ3v) is 3.59. The molecule has 0 saturated heterocycles. The zero-order valence-corrected chi connectivity index (χ0v) is 11.8. The molecule has 1 heterocycles. The number of aromatic carboxylic acids is 1. The Morgan fingerprint density at radius 1 is 1.24 bits per heavy atom. The minimum absolute atomic E-state index is 0.0341. The second-order valence-electron chi connectivity index (χ2n) is 5.86. The van der Waals surface area contributed by atoms with E-state index >= 15 is 0 Å². The molecule has 0 aliphatic carbocycles. The Bertz CT molecular complexity index is 735. The highest BCUT2D eigenvalue weighted by Gasteiger charge is 2.30. The minimum atomic E-state index is -1.14. The van der Waals surface area contributed by atoms with E-state index in [2.05, 4.69) is 0 Å². The van der Waals surface area contributed by atoms with Gasteiger partial charge in [0.05, 0.1) is 5.56 Å². The van der Waals surface area contributed by atoms with Gasteiger partial charge in [0, 0.05) is 6.42 Å². The Labute approximate surface area is 122 Å². The van der Waals surface area contributed by atoms with Crippen LogP contribution in [0.4, 0.5) is 4.39 Å².